The van der Waals surface area contributed by atoms with E-state index in [2.05, 4.69) is 51.1 Å². The lowest BCUT2D eigenvalue weighted by Crippen LogP contribution is -2.24. The number of rotatable bonds is 5. The summed E-state index contributed by atoms with van der Waals surface area (Å²) in [7, 11) is 2.09. The first-order valence-corrected chi connectivity index (χ1v) is 8.95. The largest absolute Gasteiger partial charge is 0.370 e. The first-order valence-electron chi connectivity index (χ1n) is 8.95. The lowest BCUT2D eigenvalue weighted by molar-refractivity contribution is 0.308. The minimum absolute atomic E-state index is 0.588. The van der Waals surface area contributed by atoms with Crippen molar-refractivity contribution in [3.8, 4) is 6.07 Å². The second kappa shape index (κ2) is 7.14. The maximum atomic E-state index is 8.82. The highest BCUT2D eigenvalue weighted by molar-refractivity contribution is 5.75. The molecule has 1 atom stereocenters. The van der Waals surface area contributed by atoms with Crippen LogP contribution >= 0.6 is 0 Å². The Bertz CT molecular complexity index is 937. The van der Waals surface area contributed by atoms with Crippen molar-refractivity contribution in [2.75, 3.05) is 25.0 Å². The number of fused-ring (bicyclic) bond motifs is 1. The summed E-state index contributed by atoms with van der Waals surface area (Å²) in [6.45, 7) is 3.94. The molecule has 1 aliphatic rings. The van der Waals surface area contributed by atoms with Crippen molar-refractivity contribution in [1.82, 2.24) is 19.4 Å². The van der Waals surface area contributed by atoms with Gasteiger partial charge in [-0.3, -0.25) is 4.90 Å². The topological polar surface area (TPSA) is 69.8 Å². The molecular formula is C20H22N6. The van der Waals surface area contributed by atoms with E-state index in [1.54, 1.807) is 12.3 Å². The molecule has 0 amide bonds. The summed E-state index contributed by atoms with van der Waals surface area (Å²) in [4.78, 5) is 11.5. The maximum absolute atomic E-state index is 8.82. The Kier molecular flexibility index (Phi) is 4.55. The predicted octanol–water partition coefficient (Wildman–Crippen LogP) is 2.77. The number of imidazole rings is 1. The van der Waals surface area contributed by atoms with Crippen molar-refractivity contribution in [3.63, 3.8) is 0 Å². The Hall–Kier alpha value is -2.91. The van der Waals surface area contributed by atoms with Crippen molar-refractivity contribution in [1.29, 1.82) is 5.26 Å². The van der Waals surface area contributed by atoms with Crippen LogP contribution in [0.3, 0.4) is 0 Å². The maximum Gasteiger partial charge on any atom is 0.125 e. The molecule has 0 spiro atoms. The fourth-order valence-electron chi connectivity index (χ4n) is 3.57. The first-order chi connectivity index (χ1) is 12.7. The Morgan fingerprint density at radius 3 is 2.92 bits per heavy atom. The average molecular weight is 346 g/mol. The highest BCUT2D eigenvalue weighted by Crippen LogP contribution is 2.21. The minimum Gasteiger partial charge on any atom is -0.370 e. The quantitative estimate of drug-likeness (QED) is 0.769. The minimum atomic E-state index is 0.588. The molecule has 6 nitrogen and oxygen atoms in total. The number of aromatic nitrogens is 3. The van der Waals surface area contributed by atoms with E-state index in [4.69, 9.17) is 10.2 Å². The Labute approximate surface area is 153 Å². The number of aryl methyl sites for hydroxylation is 1. The zero-order valence-electron chi connectivity index (χ0n) is 14.9. The SMILES string of the molecule is Cn1c(CN2CCC(CNc3ccc(C#N)cn3)C2)nc2ccccc21. The smallest absolute Gasteiger partial charge is 0.125 e. The highest BCUT2D eigenvalue weighted by atomic mass is 15.2. The normalized spacial score (nSPS) is 17.5. The molecule has 1 aromatic carbocycles. The van der Waals surface area contributed by atoms with Crippen molar-refractivity contribution < 1.29 is 0 Å². The van der Waals surface area contributed by atoms with Gasteiger partial charge in [-0.25, -0.2) is 9.97 Å². The van der Waals surface area contributed by atoms with Gasteiger partial charge in [-0.1, -0.05) is 12.1 Å². The lowest BCUT2D eigenvalue weighted by atomic mass is 10.1. The third-order valence-corrected chi connectivity index (χ3v) is 5.08. The number of likely N-dealkylation sites (tertiary alicyclic amines) is 1. The Morgan fingerprint density at radius 1 is 1.27 bits per heavy atom. The van der Waals surface area contributed by atoms with Gasteiger partial charge in [0.15, 0.2) is 0 Å². The number of anilines is 1. The van der Waals surface area contributed by atoms with Gasteiger partial charge in [0.2, 0.25) is 0 Å². The molecule has 3 aromatic rings. The van der Waals surface area contributed by atoms with Gasteiger partial charge < -0.3 is 9.88 Å². The molecule has 1 aliphatic heterocycles. The fraction of sp³-hybridized carbons (Fsp3) is 0.350. The number of hydrogen-bond donors (Lipinski definition) is 1. The molecule has 4 rings (SSSR count). The summed E-state index contributed by atoms with van der Waals surface area (Å²) in [5.74, 6) is 2.55. The van der Waals surface area contributed by atoms with E-state index in [-0.39, 0.29) is 0 Å². The van der Waals surface area contributed by atoms with Crippen LogP contribution in [0.5, 0.6) is 0 Å². The van der Waals surface area contributed by atoms with Crippen molar-refractivity contribution in [2.24, 2.45) is 13.0 Å². The van der Waals surface area contributed by atoms with Crippen LogP contribution in [0.1, 0.15) is 17.8 Å². The van der Waals surface area contributed by atoms with Gasteiger partial charge in [0.05, 0.1) is 23.1 Å². The third-order valence-electron chi connectivity index (χ3n) is 5.08. The molecule has 26 heavy (non-hydrogen) atoms. The van der Waals surface area contributed by atoms with Crippen molar-refractivity contribution in [3.05, 3.63) is 54.0 Å². The van der Waals surface area contributed by atoms with Crippen LogP contribution in [0.15, 0.2) is 42.6 Å². The molecule has 0 aliphatic carbocycles. The summed E-state index contributed by atoms with van der Waals surface area (Å²) < 4.78 is 2.20. The molecular weight excluding hydrogens is 324 g/mol. The van der Waals surface area contributed by atoms with Crippen molar-refractivity contribution in [2.45, 2.75) is 13.0 Å². The van der Waals surface area contributed by atoms with E-state index in [1.165, 1.54) is 11.9 Å². The molecule has 1 fully saturated rings. The molecule has 0 radical (unpaired) electrons. The summed E-state index contributed by atoms with van der Waals surface area (Å²) in [5, 5.41) is 12.2. The van der Waals surface area contributed by atoms with Crippen LogP contribution in [0.25, 0.3) is 11.0 Å². The van der Waals surface area contributed by atoms with Gasteiger partial charge >= 0.3 is 0 Å². The second-order valence-electron chi connectivity index (χ2n) is 6.89. The summed E-state index contributed by atoms with van der Waals surface area (Å²) in [6, 6.07) is 14.0. The number of hydrogen-bond acceptors (Lipinski definition) is 5. The second-order valence-corrected chi connectivity index (χ2v) is 6.89. The Balaban J connectivity index is 1.33. The van der Waals surface area contributed by atoms with Crippen LogP contribution in [-0.2, 0) is 13.6 Å². The summed E-state index contributed by atoms with van der Waals surface area (Å²) >= 11 is 0. The van der Waals surface area contributed by atoms with Gasteiger partial charge in [0, 0.05) is 26.3 Å². The van der Waals surface area contributed by atoms with Gasteiger partial charge in [-0.05, 0) is 43.1 Å². The average Bonchev–Trinajstić information content (AvgIpc) is 3.26. The van der Waals surface area contributed by atoms with E-state index >= 15 is 0 Å². The van der Waals surface area contributed by atoms with Crippen LogP contribution in [0.4, 0.5) is 5.82 Å². The van der Waals surface area contributed by atoms with E-state index in [0.29, 0.717) is 11.5 Å². The number of nitrogens with zero attached hydrogens (tertiary/aromatic N) is 5. The van der Waals surface area contributed by atoms with Crippen LogP contribution in [0.2, 0.25) is 0 Å². The summed E-state index contributed by atoms with van der Waals surface area (Å²) in [5.41, 5.74) is 2.84. The molecule has 1 saturated heterocycles. The van der Waals surface area contributed by atoms with E-state index in [1.807, 2.05) is 12.1 Å². The zero-order valence-corrected chi connectivity index (χ0v) is 14.9. The monoisotopic (exact) mass is 346 g/mol. The third kappa shape index (κ3) is 3.39. The van der Waals surface area contributed by atoms with Crippen LogP contribution in [-0.4, -0.2) is 39.1 Å². The van der Waals surface area contributed by atoms with E-state index in [0.717, 1.165) is 43.3 Å². The zero-order chi connectivity index (χ0) is 17.9. The Morgan fingerprint density at radius 2 is 2.15 bits per heavy atom. The summed E-state index contributed by atoms with van der Waals surface area (Å²) in [6.07, 6.45) is 2.78. The number of nitriles is 1. The molecule has 6 heteroatoms. The standard InChI is InChI=1S/C20H22N6/c1-25-18-5-3-2-4-17(18)24-20(25)14-26-9-8-16(13-26)12-23-19-7-6-15(10-21)11-22-19/h2-7,11,16H,8-9,12-14H2,1H3,(H,22,23). The van der Waals surface area contributed by atoms with Crippen LogP contribution in [0, 0.1) is 17.2 Å². The molecule has 1 unspecified atom stereocenters. The van der Waals surface area contributed by atoms with E-state index in [9.17, 15) is 0 Å². The first kappa shape index (κ1) is 16.6. The molecule has 132 valence electrons. The number of para-hydroxylation sites is 2. The van der Waals surface area contributed by atoms with Crippen LogP contribution < -0.4 is 5.32 Å². The van der Waals surface area contributed by atoms with E-state index < -0.39 is 0 Å². The lowest BCUT2D eigenvalue weighted by Gasteiger charge is -2.16. The number of benzene rings is 1. The fourth-order valence-corrected chi connectivity index (χ4v) is 3.57. The van der Waals surface area contributed by atoms with Gasteiger partial charge in [-0.2, -0.15) is 5.26 Å². The molecule has 0 bridgehead atoms. The molecule has 1 N–H and O–H groups in total. The highest BCUT2D eigenvalue weighted by Gasteiger charge is 2.23. The van der Waals surface area contributed by atoms with Gasteiger partial charge in [0.25, 0.3) is 0 Å². The van der Waals surface area contributed by atoms with Gasteiger partial charge in [-0.15, -0.1) is 0 Å². The molecule has 0 saturated carbocycles. The van der Waals surface area contributed by atoms with Crippen molar-refractivity contribution >= 4 is 16.9 Å². The molecule has 3 heterocycles. The number of pyridine rings is 1. The number of nitrogens with one attached hydrogen (secondary N) is 1. The van der Waals surface area contributed by atoms with Gasteiger partial charge in [0.1, 0.15) is 17.7 Å². The molecule has 2 aromatic heterocycles. The predicted molar refractivity (Wildman–Crippen MR) is 102 cm³/mol.